The minimum Gasteiger partial charge on any atom is -0.480 e. The van der Waals surface area contributed by atoms with E-state index in [1.807, 2.05) is 30.9 Å². The van der Waals surface area contributed by atoms with Crippen molar-refractivity contribution in [3.8, 4) is 0 Å². The first-order chi connectivity index (χ1) is 8.61. The van der Waals surface area contributed by atoms with Gasteiger partial charge in [-0.2, -0.15) is 0 Å². The van der Waals surface area contributed by atoms with Crippen molar-refractivity contribution in [3.63, 3.8) is 0 Å². The predicted octanol–water partition coefficient (Wildman–Crippen LogP) is 3.59. The molecule has 0 bridgehead atoms. The lowest BCUT2D eigenvalue weighted by molar-refractivity contribution is -0.143. The molecular formula is C14H20ClNO2. The van der Waals surface area contributed by atoms with Gasteiger partial charge in [-0.3, -0.25) is 9.69 Å². The Morgan fingerprint density at radius 1 is 1.28 bits per heavy atom. The Kier molecular flexibility index (Phi) is 6.16. The van der Waals surface area contributed by atoms with Gasteiger partial charge in [0.15, 0.2) is 0 Å². The number of benzene rings is 1. The van der Waals surface area contributed by atoms with Crippen molar-refractivity contribution in [2.24, 2.45) is 0 Å². The van der Waals surface area contributed by atoms with E-state index in [2.05, 4.69) is 0 Å². The second-order valence-corrected chi connectivity index (χ2v) is 4.71. The standard InChI is InChI=1S/C14H20ClNO2/c1-3-9-16(10-4-2)13(14(17)18)11-7-5-6-8-12(11)15/h5-8,13H,3-4,9-10H2,1-2H3,(H,17,18). The molecule has 1 atom stereocenters. The SMILES string of the molecule is CCCN(CCC)C(C(=O)O)c1ccccc1Cl. The van der Waals surface area contributed by atoms with Crippen molar-refractivity contribution < 1.29 is 9.90 Å². The van der Waals surface area contributed by atoms with E-state index in [1.54, 1.807) is 12.1 Å². The third kappa shape index (κ3) is 3.72. The van der Waals surface area contributed by atoms with Crippen molar-refractivity contribution in [3.05, 3.63) is 34.9 Å². The van der Waals surface area contributed by atoms with Crippen LogP contribution in [0.1, 0.15) is 38.3 Å². The summed E-state index contributed by atoms with van der Waals surface area (Å²) < 4.78 is 0. The van der Waals surface area contributed by atoms with Gasteiger partial charge in [-0.25, -0.2) is 0 Å². The molecule has 0 spiro atoms. The second-order valence-electron chi connectivity index (χ2n) is 4.30. The summed E-state index contributed by atoms with van der Waals surface area (Å²) in [6.07, 6.45) is 1.85. The molecule has 1 aromatic carbocycles. The van der Waals surface area contributed by atoms with Crippen LogP contribution in [0.2, 0.25) is 5.02 Å². The summed E-state index contributed by atoms with van der Waals surface area (Å²) in [7, 11) is 0. The fraction of sp³-hybridized carbons (Fsp3) is 0.500. The summed E-state index contributed by atoms with van der Waals surface area (Å²) in [5.74, 6) is -0.843. The lowest BCUT2D eigenvalue weighted by atomic mass is 10.0. The molecule has 18 heavy (non-hydrogen) atoms. The molecule has 1 rings (SSSR count). The van der Waals surface area contributed by atoms with Crippen LogP contribution in [0.25, 0.3) is 0 Å². The molecule has 0 saturated carbocycles. The van der Waals surface area contributed by atoms with Gasteiger partial charge < -0.3 is 5.11 Å². The molecule has 1 unspecified atom stereocenters. The molecule has 0 aliphatic carbocycles. The van der Waals surface area contributed by atoms with Gasteiger partial charge in [-0.1, -0.05) is 43.6 Å². The highest BCUT2D eigenvalue weighted by Crippen LogP contribution is 2.28. The van der Waals surface area contributed by atoms with Gasteiger partial charge in [0.05, 0.1) is 0 Å². The molecule has 0 fully saturated rings. The molecule has 3 nitrogen and oxygen atoms in total. The van der Waals surface area contributed by atoms with Crippen molar-refractivity contribution in [2.45, 2.75) is 32.7 Å². The van der Waals surface area contributed by atoms with E-state index in [4.69, 9.17) is 11.6 Å². The maximum atomic E-state index is 11.5. The zero-order chi connectivity index (χ0) is 13.5. The molecule has 4 heteroatoms. The Morgan fingerprint density at radius 3 is 2.28 bits per heavy atom. The molecule has 0 aromatic heterocycles. The average molecular weight is 270 g/mol. The van der Waals surface area contributed by atoms with Crippen LogP contribution in [0.5, 0.6) is 0 Å². The van der Waals surface area contributed by atoms with Crippen LogP contribution < -0.4 is 0 Å². The molecule has 0 radical (unpaired) electrons. The smallest absolute Gasteiger partial charge is 0.325 e. The number of carboxylic acid groups (broad SMARTS) is 1. The van der Waals surface area contributed by atoms with Gasteiger partial charge in [-0.05, 0) is 37.6 Å². The number of hydrogen-bond donors (Lipinski definition) is 1. The van der Waals surface area contributed by atoms with Crippen LogP contribution >= 0.6 is 11.6 Å². The van der Waals surface area contributed by atoms with Crippen molar-refractivity contribution in [1.29, 1.82) is 0 Å². The molecule has 1 N–H and O–H groups in total. The van der Waals surface area contributed by atoms with Crippen molar-refractivity contribution in [1.82, 2.24) is 4.90 Å². The summed E-state index contributed by atoms with van der Waals surface area (Å²) in [5.41, 5.74) is 0.675. The third-order valence-electron chi connectivity index (χ3n) is 2.82. The summed E-state index contributed by atoms with van der Waals surface area (Å²) in [6.45, 7) is 5.62. The monoisotopic (exact) mass is 269 g/mol. The van der Waals surface area contributed by atoms with Gasteiger partial charge >= 0.3 is 5.97 Å². The normalized spacial score (nSPS) is 12.7. The van der Waals surface area contributed by atoms with Crippen LogP contribution in [-0.4, -0.2) is 29.1 Å². The number of rotatable bonds is 7. The Labute approximate surface area is 113 Å². The fourth-order valence-electron chi connectivity index (χ4n) is 2.13. The molecule has 100 valence electrons. The third-order valence-corrected chi connectivity index (χ3v) is 3.16. The van der Waals surface area contributed by atoms with E-state index in [1.165, 1.54) is 0 Å². The van der Waals surface area contributed by atoms with E-state index in [9.17, 15) is 9.90 Å². The molecule has 1 aromatic rings. The average Bonchev–Trinajstić information content (AvgIpc) is 2.32. The number of carboxylic acids is 1. The molecule has 0 heterocycles. The summed E-state index contributed by atoms with van der Waals surface area (Å²) in [4.78, 5) is 13.5. The highest BCUT2D eigenvalue weighted by atomic mass is 35.5. The molecule has 0 amide bonds. The zero-order valence-corrected chi connectivity index (χ0v) is 11.7. The Morgan fingerprint density at radius 2 is 1.83 bits per heavy atom. The largest absolute Gasteiger partial charge is 0.480 e. The van der Waals surface area contributed by atoms with Gasteiger partial charge in [0, 0.05) is 5.02 Å². The zero-order valence-electron chi connectivity index (χ0n) is 10.9. The molecular weight excluding hydrogens is 250 g/mol. The highest BCUT2D eigenvalue weighted by molar-refractivity contribution is 6.31. The molecule has 0 saturated heterocycles. The number of halogens is 1. The Hall–Kier alpha value is -1.06. The fourth-order valence-corrected chi connectivity index (χ4v) is 2.37. The second kappa shape index (κ2) is 7.39. The van der Waals surface area contributed by atoms with Crippen LogP contribution in [0.3, 0.4) is 0 Å². The first kappa shape index (κ1) is 15.0. The van der Waals surface area contributed by atoms with Crippen molar-refractivity contribution in [2.75, 3.05) is 13.1 Å². The first-order valence-corrected chi connectivity index (χ1v) is 6.70. The topological polar surface area (TPSA) is 40.5 Å². The van der Waals surface area contributed by atoms with Crippen molar-refractivity contribution >= 4 is 17.6 Å². The van der Waals surface area contributed by atoms with Crippen LogP contribution in [-0.2, 0) is 4.79 Å². The summed E-state index contributed by atoms with van der Waals surface area (Å²) in [5, 5.41) is 9.99. The molecule has 0 aliphatic rings. The van der Waals surface area contributed by atoms with E-state index in [0.717, 1.165) is 25.9 Å². The first-order valence-electron chi connectivity index (χ1n) is 6.33. The lowest BCUT2D eigenvalue weighted by Gasteiger charge is -2.28. The molecule has 0 aliphatic heterocycles. The Balaban J connectivity index is 3.07. The van der Waals surface area contributed by atoms with E-state index in [0.29, 0.717) is 10.6 Å². The number of carbonyl (C=O) groups is 1. The van der Waals surface area contributed by atoms with Gasteiger partial charge in [-0.15, -0.1) is 0 Å². The minimum atomic E-state index is -0.843. The number of nitrogens with zero attached hydrogens (tertiary/aromatic N) is 1. The van der Waals surface area contributed by atoms with E-state index < -0.39 is 12.0 Å². The maximum Gasteiger partial charge on any atom is 0.325 e. The summed E-state index contributed by atoms with van der Waals surface area (Å²) in [6, 6.07) is 6.52. The number of aliphatic carboxylic acids is 1. The van der Waals surface area contributed by atoms with Gasteiger partial charge in [0.1, 0.15) is 6.04 Å². The Bertz CT molecular complexity index is 389. The number of hydrogen-bond acceptors (Lipinski definition) is 2. The van der Waals surface area contributed by atoms with E-state index >= 15 is 0 Å². The highest BCUT2D eigenvalue weighted by Gasteiger charge is 2.27. The summed E-state index contributed by atoms with van der Waals surface area (Å²) >= 11 is 6.12. The van der Waals surface area contributed by atoms with E-state index in [-0.39, 0.29) is 0 Å². The van der Waals surface area contributed by atoms with Gasteiger partial charge in [0.2, 0.25) is 0 Å². The maximum absolute atomic E-state index is 11.5. The van der Waals surface area contributed by atoms with Crippen LogP contribution in [0.4, 0.5) is 0 Å². The van der Waals surface area contributed by atoms with Crippen LogP contribution in [0.15, 0.2) is 24.3 Å². The van der Waals surface area contributed by atoms with Gasteiger partial charge in [0.25, 0.3) is 0 Å². The predicted molar refractivity (Wildman–Crippen MR) is 74.0 cm³/mol. The minimum absolute atomic E-state index is 0.516. The quantitative estimate of drug-likeness (QED) is 0.822. The lowest BCUT2D eigenvalue weighted by Crippen LogP contribution is -2.35. The van der Waals surface area contributed by atoms with Crippen LogP contribution in [0, 0.1) is 0 Å².